The first kappa shape index (κ1) is 17.1. The molecule has 1 aromatic rings. The summed E-state index contributed by atoms with van der Waals surface area (Å²) >= 11 is 0. The van der Waals surface area contributed by atoms with Crippen molar-refractivity contribution in [1.29, 1.82) is 0 Å². The molecule has 1 heterocycles. The average Bonchev–Trinajstić information content (AvgIpc) is 2.49. The molecule has 0 fully saturated rings. The van der Waals surface area contributed by atoms with E-state index in [9.17, 15) is 9.59 Å². The third-order valence-electron chi connectivity index (χ3n) is 3.61. The Balaban J connectivity index is 2.54. The second-order valence-electron chi connectivity index (χ2n) is 5.23. The molecular weight excluding hydrogens is 298 g/mol. The van der Waals surface area contributed by atoms with Crippen LogP contribution in [-0.2, 0) is 4.74 Å². The summed E-state index contributed by atoms with van der Waals surface area (Å²) in [6, 6.07) is 3.08. The zero-order chi connectivity index (χ0) is 17.0. The number of hydrogen-bond donors (Lipinski definition) is 0. The SMILES string of the molecule is CCOC(=O)N1c2cc(OCC)c(OCC)cc2C(=O)CC1C. The molecule has 0 N–H and O–H groups in total. The molecule has 0 radical (unpaired) electrons. The van der Waals surface area contributed by atoms with Crippen LogP contribution in [0.3, 0.4) is 0 Å². The number of ether oxygens (including phenoxy) is 3. The van der Waals surface area contributed by atoms with Crippen molar-refractivity contribution in [3.63, 3.8) is 0 Å². The number of ketones is 1. The number of amides is 1. The first-order valence-electron chi connectivity index (χ1n) is 7.96. The molecule has 1 atom stereocenters. The van der Waals surface area contributed by atoms with E-state index in [0.717, 1.165) is 0 Å². The second kappa shape index (κ2) is 7.35. The van der Waals surface area contributed by atoms with E-state index in [4.69, 9.17) is 14.2 Å². The van der Waals surface area contributed by atoms with E-state index >= 15 is 0 Å². The highest BCUT2D eigenvalue weighted by Crippen LogP contribution is 2.40. The lowest BCUT2D eigenvalue weighted by Crippen LogP contribution is -2.44. The van der Waals surface area contributed by atoms with Crippen molar-refractivity contribution < 1.29 is 23.8 Å². The van der Waals surface area contributed by atoms with Crippen molar-refractivity contribution >= 4 is 17.6 Å². The monoisotopic (exact) mass is 321 g/mol. The number of benzene rings is 1. The first-order chi connectivity index (χ1) is 11.0. The Bertz CT molecular complexity index is 599. The van der Waals surface area contributed by atoms with Gasteiger partial charge in [0.25, 0.3) is 0 Å². The third kappa shape index (κ3) is 3.41. The van der Waals surface area contributed by atoms with Crippen molar-refractivity contribution in [2.75, 3.05) is 24.7 Å². The number of carbonyl (C=O) groups excluding carboxylic acids is 2. The zero-order valence-corrected chi connectivity index (χ0v) is 14.0. The highest BCUT2D eigenvalue weighted by Gasteiger charge is 2.35. The lowest BCUT2D eigenvalue weighted by molar-refractivity contribution is 0.0965. The smallest absolute Gasteiger partial charge is 0.414 e. The van der Waals surface area contributed by atoms with Gasteiger partial charge in [-0.25, -0.2) is 4.79 Å². The van der Waals surface area contributed by atoms with E-state index in [1.54, 1.807) is 19.1 Å². The van der Waals surface area contributed by atoms with Crippen LogP contribution in [0.15, 0.2) is 12.1 Å². The minimum Gasteiger partial charge on any atom is -0.490 e. The predicted molar refractivity (Wildman–Crippen MR) is 86.7 cm³/mol. The quantitative estimate of drug-likeness (QED) is 0.831. The number of Topliss-reactive ketones (excluding diaryl/α,β-unsaturated/α-hetero) is 1. The van der Waals surface area contributed by atoms with Gasteiger partial charge >= 0.3 is 6.09 Å². The number of nitrogens with zero attached hydrogens (tertiary/aromatic N) is 1. The van der Waals surface area contributed by atoms with Gasteiger partial charge in [0.15, 0.2) is 17.3 Å². The Labute approximate surface area is 136 Å². The molecule has 2 rings (SSSR count). The summed E-state index contributed by atoms with van der Waals surface area (Å²) in [5, 5.41) is 0. The van der Waals surface area contributed by atoms with E-state index in [-0.39, 0.29) is 24.9 Å². The van der Waals surface area contributed by atoms with Gasteiger partial charge in [-0.05, 0) is 33.8 Å². The molecule has 1 unspecified atom stereocenters. The lowest BCUT2D eigenvalue weighted by Gasteiger charge is -2.34. The van der Waals surface area contributed by atoms with Crippen molar-refractivity contribution in [3.05, 3.63) is 17.7 Å². The number of hydrogen-bond acceptors (Lipinski definition) is 5. The summed E-state index contributed by atoms with van der Waals surface area (Å²) in [7, 11) is 0. The van der Waals surface area contributed by atoms with Gasteiger partial charge in [0, 0.05) is 24.1 Å². The van der Waals surface area contributed by atoms with Crippen molar-refractivity contribution in [3.8, 4) is 11.5 Å². The molecule has 0 aliphatic carbocycles. The van der Waals surface area contributed by atoms with Gasteiger partial charge in [-0.3, -0.25) is 9.69 Å². The van der Waals surface area contributed by atoms with Gasteiger partial charge in [0.2, 0.25) is 0 Å². The van der Waals surface area contributed by atoms with E-state index in [0.29, 0.717) is 36.0 Å². The average molecular weight is 321 g/mol. The molecule has 6 heteroatoms. The molecule has 0 saturated heterocycles. The molecular formula is C17H23NO5. The van der Waals surface area contributed by atoms with Crippen molar-refractivity contribution in [2.45, 2.75) is 40.2 Å². The van der Waals surface area contributed by atoms with Crippen LogP contribution in [0, 0.1) is 0 Å². The van der Waals surface area contributed by atoms with Crippen molar-refractivity contribution in [1.82, 2.24) is 0 Å². The number of rotatable bonds is 5. The molecule has 23 heavy (non-hydrogen) atoms. The van der Waals surface area contributed by atoms with E-state index < -0.39 is 6.09 Å². The normalized spacial score (nSPS) is 16.8. The highest BCUT2D eigenvalue weighted by molar-refractivity contribution is 6.08. The molecule has 1 aliphatic heterocycles. The standard InChI is InChI=1S/C17H23NO5/c1-5-21-15-9-12-13(10-16(15)22-6-2)18(17(20)23-7-3)11(4)8-14(12)19/h9-11H,5-8H2,1-4H3. The van der Waals surface area contributed by atoms with Crippen LogP contribution in [0.1, 0.15) is 44.5 Å². The van der Waals surface area contributed by atoms with Gasteiger partial charge < -0.3 is 14.2 Å². The lowest BCUT2D eigenvalue weighted by atomic mass is 9.95. The third-order valence-corrected chi connectivity index (χ3v) is 3.61. The van der Waals surface area contributed by atoms with Crippen LogP contribution in [0.2, 0.25) is 0 Å². The summed E-state index contributed by atoms with van der Waals surface area (Å²) < 4.78 is 16.3. The number of anilines is 1. The Morgan fingerprint density at radius 1 is 1.13 bits per heavy atom. The number of carbonyl (C=O) groups is 2. The van der Waals surface area contributed by atoms with Crippen molar-refractivity contribution in [2.24, 2.45) is 0 Å². The van der Waals surface area contributed by atoms with Gasteiger partial charge in [0.1, 0.15) is 0 Å². The maximum absolute atomic E-state index is 12.4. The maximum Gasteiger partial charge on any atom is 0.414 e. The van der Waals surface area contributed by atoms with Crippen LogP contribution in [0.25, 0.3) is 0 Å². The summed E-state index contributed by atoms with van der Waals surface area (Å²) in [5.41, 5.74) is 0.974. The van der Waals surface area contributed by atoms with E-state index in [1.807, 2.05) is 20.8 Å². The minimum atomic E-state index is -0.458. The molecule has 0 saturated carbocycles. The molecule has 0 spiro atoms. The van der Waals surface area contributed by atoms with E-state index in [2.05, 4.69) is 0 Å². The zero-order valence-electron chi connectivity index (χ0n) is 14.0. The van der Waals surface area contributed by atoms with Gasteiger partial charge in [-0.1, -0.05) is 0 Å². The molecule has 1 aliphatic rings. The summed E-state index contributed by atoms with van der Waals surface area (Å²) in [5.74, 6) is 1.01. The van der Waals surface area contributed by atoms with Crippen LogP contribution < -0.4 is 14.4 Å². The topological polar surface area (TPSA) is 65.1 Å². The maximum atomic E-state index is 12.4. The first-order valence-corrected chi connectivity index (χ1v) is 7.96. The minimum absolute atomic E-state index is 0.0166. The number of fused-ring (bicyclic) bond motifs is 1. The molecule has 1 aromatic carbocycles. The van der Waals surface area contributed by atoms with Gasteiger partial charge in [0.05, 0.1) is 25.5 Å². The predicted octanol–water partition coefficient (Wildman–Crippen LogP) is 3.42. The fourth-order valence-electron chi connectivity index (χ4n) is 2.69. The summed E-state index contributed by atoms with van der Waals surface area (Å²) in [4.78, 5) is 26.2. The Kier molecular flexibility index (Phi) is 5.47. The van der Waals surface area contributed by atoms with Crippen LogP contribution in [0.5, 0.6) is 11.5 Å². The fraction of sp³-hybridized carbons (Fsp3) is 0.529. The van der Waals surface area contributed by atoms with Gasteiger partial charge in [-0.2, -0.15) is 0 Å². The molecule has 0 aromatic heterocycles. The van der Waals surface area contributed by atoms with Crippen LogP contribution >= 0.6 is 0 Å². The van der Waals surface area contributed by atoms with Gasteiger partial charge in [-0.15, -0.1) is 0 Å². The Hall–Kier alpha value is -2.24. The fourth-order valence-corrected chi connectivity index (χ4v) is 2.69. The molecule has 0 bridgehead atoms. The molecule has 6 nitrogen and oxygen atoms in total. The highest BCUT2D eigenvalue weighted by atomic mass is 16.6. The summed E-state index contributed by atoms with van der Waals surface area (Å²) in [6.45, 7) is 8.51. The Morgan fingerprint density at radius 2 is 1.74 bits per heavy atom. The molecule has 126 valence electrons. The Morgan fingerprint density at radius 3 is 2.30 bits per heavy atom. The summed E-state index contributed by atoms with van der Waals surface area (Å²) in [6.07, 6.45) is -0.203. The largest absolute Gasteiger partial charge is 0.490 e. The molecule has 1 amide bonds. The van der Waals surface area contributed by atoms with Crippen LogP contribution in [0.4, 0.5) is 10.5 Å². The second-order valence-corrected chi connectivity index (χ2v) is 5.23. The van der Waals surface area contributed by atoms with Crippen LogP contribution in [-0.4, -0.2) is 37.7 Å². The van der Waals surface area contributed by atoms with E-state index in [1.165, 1.54) is 4.90 Å².